The van der Waals surface area contributed by atoms with Crippen molar-refractivity contribution in [3.05, 3.63) is 72.7 Å². The van der Waals surface area contributed by atoms with Crippen LogP contribution in [0.15, 0.2) is 67.1 Å². The smallest absolute Gasteiger partial charge is 0.326 e. The number of fused-ring (bicyclic) bond motifs is 2. The van der Waals surface area contributed by atoms with Crippen molar-refractivity contribution in [1.29, 1.82) is 0 Å². The highest BCUT2D eigenvalue weighted by Gasteiger charge is 2.20. The molecular weight excluding hydrogens is 614 g/mol. The summed E-state index contributed by atoms with van der Waals surface area (Å²) in [7, 11) is 1.70. The van der Waals surface area contributed by atoms with E-state index < -0.39 is 12.0 Å². The summed E-state index contributed by atoms with van der Waals surface area (Å²) in [5.41, 5.74) is 4.46. The van der Waals surface area contributed by atoms with Gasteiger partial charge >= 0.3 is 5.97 Å². The van der Waals surface area contributed by atoms with Gasteiger partial charge in [0.1, 0.15) is 23.9 Å². The summed E-state index contributed by atoms with van der Waals surface area (Å²) >= 11 is 0. The van der Waals surface area contributed by atoms with Gasteiger partial charge in [-0.2, -0.15) is 0 Å². The van der Waals surface area contributed by atoms with E-state index in [-0.39, 0.29) is 0 Å². The van der Waals surface area contributed by atoms with Gasteiger partial charge in [-0.05, 0) is 94.3 Å². The van der Waals surface area contributed by atoms with E-state index in [2.05, 4.69) is 56.9 Å². The van der Waals surface area contributed by atoms with Crippen LogP contribution in [0, 0.1) is 0 Å². The van der Waals surface area contributed by atoms with Crippen LogP contribution >= 0.6 is 0 Å². The number of carboxylic acid groups (broad SMARTS) is 1. The first-order valence-electron chi connectivity index (χ1n) is 18.2. The predicted molar refractivity (Wildman–Crippen MR) is 201 cm³/mol. The molecule has 0 aliphatic heterocycles. The first-order valence-corrected chi connectivity index (χ1v) is 18.2. The number of anilines is 1. The number of nitrogens with one attached hydrogen (secondary N) is 2. The second-order valence-electron chi connectivity index (χ2n) is 13.3. The first kappa shape index (κ1) is 37.9. The van der Waals surface area contributed by atoms with Crippen LogP contribution in [0.2, 0.25) is 0 Å². The summed E-state index contributed by atoms with van der Waals surface area (Å²) in [6, 6.07) is 13.4. The maximum absolute atomic E-state index is 12.2. The fourth-order valence-corrected chi connectivity index (χ4v) is 6.30. The molecule has 49 heavy (non-hydrogen) atoms. The molecule has 2 heterocycles. The highest BCUT2D eigenvalue weighted by atomic mass is 16.5. The Bertz CT molecular complexity index is 1570. The Hall–Kier alpha value is -3.95. The van der Waals surface area contributed by atoms with Gasteiger partial charge in [-0.1, -0.05) is 56.2 Å². The number of ether oxygens (including phenoxy) is 2. The van der Waals surface area contributed by atoms with Gasteiger partial charge in [0.05, 0.1) is 18.7 Å². The minimum absolute atomic E-state index is 0.442. The van der Waals surface area contributed by atoms with E-state index in [1.54, 1.807) is 7.11 Å². The molecule has 0 amide bonds. The lowest BCUT2D eigenvalue weighted by atomic mass is 10.0. The normalized spacial score (nSPS) is 12.1. The molecule has 1 atom stereocenters. The lowest BCUT2D eigenvalue weighted by molar-refractivity contribution is -0.138. The van der Waals surface area contributed by atoms with Crippen molar-refractivity contribution in [1.82, 2.24) is 19.9 Å². The van der Waals surface area contributed by atoms with Crippen molar-refractivity contribution in [2.75, 3.05) is 45.3 Å². The zero-order valence-electron chi connectivity index (χ0n) is 29.7. The molecule has 266 valence electrons. The van der Waals surface area contributed by atoms with Crippen LogP contribution in [-0.4, -0.2) is 76.9 Å². The third-order valence-electron chi connectivity index (χ3n) is 9.13. The van der Waals surface area contributed by atoms with E-state index in [0.29, 0.717) is 25.4 Å². The van der Waals surface area contributed by atoms with E-state index in [1.165, 1.54) is 68.8 Å². The van der Waals surface area contributed by atoms with Crippen LogP contribution in [0.25, 0.3) is 21.8 Å². The third kappa shape index (κ3) is 13.1. The number of aromatic nitrogens is 3. The number of carbonyl (C=O) groups is 1. The maximum Gasteiger partial charge on any atom is 0.326 e. The van der Waals surface area contributed by atoms with Crippen LogP contribution in [0.1, 0.15) is 89.5 Å². The number of hydrogen-bond acceptors (Lipinski definition) is 7. The highest BCUT2D eigenvalue weighted by Crippen LogP contribution is 2.28. The number of unbranched alkanes of at least 4 members (excludes halogenated alkanes) is 8. The van der Waals surface area contributed by atoms with Gasteiger partial charge in [0.2, 0.25) is 0 Å². The number of aryl methyl sites for hydroxylation is 1. The maximum atomic E-state index is 12.2. The van der Waals surface area contributed by atoms with E-state index in [4.69, 9.17) is 9.47 Å². The SMILES string of the molecule is C=C(C)CCCCCCCCCCOc1cc(CCCCN(CCOC)CC[C@H](Nc2ncnc3ccccc23)C(=O)O)cc2[nH]ccc12. The number of aliphatic carboxylic acids is 1. The molecule has 2 aromatic carbocycles. The van der Waals surface area contributed by atoms with Crippen molar-refractivity contribution in [2.45, 2.75) is 96.4 Å². The van der Waals surface area contributed by atoms with Crippen molar-refractivity contribution in [3.8, 4) is 5.75 Å². The zero-order chi connectivity index (χ0) is 34.7. The van der Waals surface area contributed by atoms with Crippen molar-refractivity contribution < 1.29 is 19.4 Å². The summed E-state index contributed by atoms with van der Waals surface area (Å²) < 4.78 is 11.7. The van der Waals surface area contributed by atoms with Gasteiger partial charge in [-0.3, -0.25) is 0 Å². The minimum atomic E-state index is -0.896. The number of rotatable bonds is 26. The molecule has 0 saturated carbocycles. The van der Waals surface area contributed by atoms with Gasteiger partial charge in [0.25, 0.3) is 0 Å². The number of nitrogens with zero attached hydrogens (tertiary/aromatic N) is 3. The molecule has 0 fully saturated rings. The Balaban J connectivity index is 1.20. The predicted octanol–water partition coefficient (Wildman–Crippen LogP) is 8.80. The second-order valence-corrected chi connectivity index (χ2v) is 13.3. The molecule has 9 heteroatoms. The molecule has 4 rings (SSSR count). The Morgan fingerprint density at radius 1 is 0.918 bits per heavy atom. The van der Waals surface area contributed by atoms with Crippen molar-refractivity contribution >= 4 is 33.6 Å². The lowest BCUT2D eigenvalue weighted by Crippen LogP contribution is -2.37. The highest BCUT2D eigenvalue weighted by molar-refractivity contribution is 5.90. The molecule has 2 aromatic heterocycles. The monoisotopic (exact) mass is 671 g/mol. The molecule has 0 unspecified atom stereocenters. The molecule has 3 N–H and O–H groups in total. The zero-order valence-corrected chi connectivity index (χ0v) is 29.7. The lowest BCUT2D eigenvalue weighted by Gasteiger charge is -2.24. The van der Waals surface area contributed by atoms with E-state index in [0.717, 1.165) is 72.9 Å². The summed E-state index contributed by atoms with van der Waals surface area (Å²) in [5, 5.41) is 15.1. The average Bonchev–Trinajstić information content (AvgIpc) is 3.58. The molecule has 0 radical (unpaired) electrons. The first-order chi connectivity index (χ1) is 23.9. The number of para-hydroxylation sites is 1. The van der Waals surface area contributed by atoms with Gasteiger partial charge in [-0.15, -0.1) is 6.58 Å². The Morgan fingerprint density at radius 3 is 2.47 bits per heavy atom. The number of H-pyrrole nitrogens is 1. The number of allylic oxidation sites excluding steroid dienone is 1. The Kier molecular flexibility index (Phi) is 16.4. The number of benzene rings is 2. The number of carboxylic acids is 1. The molecule has 0 aliphatic rings. The summed E-state index contributed by atoms with van der Waals surface area (Å²) in [5.74, 6) is 0.615. The number of hydrogen-bond donors (Lipinski definition) is 3. The standard InChI is InChI=1S/C40H57N5O4/c1-31(2)16-10-8-6-4-5-7-9-15-26-49-38-29-32(28-37-33(38)20-22-41-37)17-13-14-23-45(25-27-48-3)24-21-36(40(46)47)44-39-34-18-11-12-19-35(34)42-30-43-39/h11-12,18-20,22,28-30,36,41H,1,4-10,13-17,21,23-27H2,2-3H3,(H,46,47)(H,42,43,44)/t36-/m0/s1. The van der Waals surface area contributed by atoms with Crippen LogP contribution in [0.3, 0.4) is 0 Å². The molecule has 9 nitrogen and oxygen atoms in total. The van der Waals surface area contributed by atoms with Crippen LogP contribution in [0.4, 0.5) is 5.82 Å². The topological polar surface area (TPSA) is 113 Å². The Labute approximate surface area is 292 Å². The largest absolute Gasteiger partial charge is 0.493 e. The summed E-state index contributed by atoms with van der Waals surface area (Å²) in [6.45, 7) is 9.72. The van der Waals surface area contributed by atoms with E-state index in [9.17, 15) is 9.90 Å². The summed E-state index contributed by atoms with van der Waals surface area (Å²) in [4.78, 5) is 26.5. The molecule has 4 aromatic rings. The fourth-order valence-electron chi connectivity index (χ4n) is 6.30. The van der Waals surface area contributed by atoms with Gasteiger partial charge < -0.3 is 29.8 Å². The van der Waals surface area contributed by atoms with Crippen LogP contribution in [0.5, 0.6) is 5.75 Å². The average molecular weight is 672 g/mol. The fraction of sp³-hybridized carbons (Fsp3) is 0.525. The van der Waals surface area contributed by atoms with Gasteiger partial charge in [0, 0.05) is 42.7 Å². The van der Waals surface area contributed by atoms with Gasteiger partial charge in [0.15, 0.2) is 0 Å². The van der Waals surface area contributed by atoms with Crippen molar-refractivity contribution in [3.63, 3.8) is 0 Å². The number of aromatic amines is 1. The minimum Gasteiger partial charge on any atom is -0.493 e. The van der Waals surface area contributed by atoms with E-state index >= 15 is 0 Å². The molecule has 0 saturated heterocycles. The molecule has 0 bridgehead atoms. The van der Waals surface area contributed by atoms with Crippen LogP contribution < -0.4 is 10.1 Å². The molecule has 0 spiro atoms. The van der Waals surface area contributed by atoms with Crippen molar-refractivity contribution in [2.24, 2.45) is 0 Å². The second kappa shape index (κ2) is 21.2. The van der Waals surface area contributed by atoms with Crippen LogP contribution in [-0.2, 0) is 16.0 Å². The van der Waals surface area contributed by atoms with E-state index in [1.807, 2.05) is 30.5 Å². The van der Waals surface area contributed by atoms with Gasteiger partial charge in [-0.25, -0.2) is 14.8 Å². The number of methoxy groups -OCH3 is 1. The Morgan fingerprint density at radius 2 is 1.69 bits per heavy atom. The third-order valence-corrected chi connectivity index (χ3v) is 9.13. The molecule has 0 aliphatic carbocycles. The quantitative estimate of drug-likeness (QED) is 0.0449. The summed E-state index contributed by atoms with van der Waals surface area (Å²) in [6.07, 6.45) is 18.2. The molecular formula is C40H57N5O4.